The van der Waals surface area contributed by atoms with E-state index >= 15 is 0 Å². The quantitative estimate of drug-likeness (QED) is 0.835. The number of anilines is 1. The van der Waals surface area contributed by atoms with Gasteiger partial charge in [-0.2, -0.15) is 0 Å². The lowest BCUT2D eigenvalue weighted by molar-refractivity contribution is -0.120. The number of nitrogens with two attached hydrogens (primary N) is 1. The summed E-state index contributed by atoms with van der Waals surface area (Å²) in [5.74, 6) is 1.62. The molecule has 0 aromatic heterocycles. The van der Waals surface area contributed by atoms with Gasteiger partial charge in [0.25, 0.3) is 0 Å². The predicted molar refractivity (Wildman–Crippen MR) is 82.3 cm³/mol. The van der Waals surface area contributed by atoms with E-state index in [1.165, 1.54) is 6.42 Å². The molecule has 0 heterocycles. The maximum atomic E-state index is 12.2. The summed E-state index contributed by atoms with van der Waals surface area (Å²) in [6, 6.07) is 7.56. The fourth-order valence-corrected chi connectivity index (χ4v) is 2.35. The second-order valence-corrected chi connectivity index (χ2v) is 5.98. The van der Waals surface area contributed by atoms with Crippen LogP contribution < -0.4 is 11.1 Å². The van der Waals surface area contributed by atoms with Crippen molar-refractivity contribution in [2.45, 2.75) is 32.9 Å². The summed E-state index contributed by atoms with van der Waals surface area (Å²) < 4.78 is 0. The molecule has 0 bridgehead atoms. The van der Waals surface area contributed by atoms with Crippen LogP contribution in [0.5, 0.6) is 0 Å². The average molecular weight is 275 g/mol. The van der Waals surface area contributed by atoms with Gasteiger partial charge in [-0.1, -0.05) is 19.1 Å². The van der Waals surface area contributed by atoms with E-state index in [4.69, 9.17) is 5.73 Å². The number of rotatable bonds is 6. The van der Waals surface area contributed by atoms with Crippen molar-refractivity contribution in [3.05, 3.63) is 29.8 Å². The van der Waals surface area contributed by atoms with Gasteiger partial charge in [-0.3, -0.25) is 9.69 Å². The molecule has 1 fully saturated rings. The molecule has 4 nitrogen and oxygen atoms in total. The van der Waals surface area contributed by atoms with Crippen molar-refractivity contribution >= 4 is 11.6 Å². The molecule has 3 atom stereocenters. The van der Waals surface area contributed by atoms with E-state index in [-0.39, 0.29) is 11.9 Å². The maximum Gasteiger partial charge on any atom is 0.241 e. The van der Waals surface area contributed by atoms with Crippen molar-refractivity contribution in [3.63, 3.8) is 0 Å². The summed E-state index contributed by atoms with van der Waals surface area (Å²) in [6.07, 6.45) is 1.29. The van der Waals surface area contributed by atoms with Crippen LogP contribution in [0.3, 0.4) is 0 Å². The number of amides is 1. The third kappa shape index (κ3) is 3.81. The van der Waals surface area contributed by atoms with Gasteiger partial charge in [0.15, 0.2) is 0 Å². The van der Waals surface area contributed by atoms with Crippen LogP contribution in [0.2, 0.25) is 0 Å². The first kappa shape index (κ1) is 15.0. The number of benzene rings is 1. The van der Waals surface area contributed by atoms with Crippen molar-refractivity contribution in [2.75, 3.05) is 18.9 Å². The number of carbonyl (C=O) groups is 1. The van der Waals surface area contributed by atoms with Crippen LogP contribution >= 0.6 is 0 Å². The Labute approximate surface area is 121 Å². The van der Waals surface area contributed by atoms with Gasteiger partial charge in [0.1, 0.15) is 0 Å². The van der Waals surface area contributed by atoms with Gasteiger partial charge in [-0.15, -0.1) is 0 Å². The number of hydrogen-bond acceptors (Lipinski definition) is 3. The monoisotopic (exact) mass is 275 g/mol. The van der Waals surface area contributed by atoms with Gasteiger partial charge in [-0.05, 0) is 49.9 Å². The molecule has 1 aromatic rings. The minimum atomic E-state index is -0.114. The predicted octanol–water partition coefficient (Wildman–Crippen LogP) is 2.06. The molecule has 110 valence electrons. The molecule has 2 rings (SSSR count). The van der Waals surface area contributed by atoms with Crippen molar-refractivity contribution < 1.29 is 4.79 Å². The zero-order valence-electron chi connectivity index (χ0n) is 12.6. The first-order chi connectivity index (χ1) is 9.51. The molecule has 0 spiro atoms. The SMILES string of the molecule is CC1CC1CN(C)C(C)C(=O)Nc1ccc(CN)cc1. The Hall–Kier alpha value is -1.39. The van der Waals surface area contributed by atoms with E-state index in [1.54, 1.807) is 0 Å². The zero-order valence-corrected chi connectivity index (χ0v) is 12.6. The molecule has 1 saturated carbocycles. The van der Waals surface area contributed by atoms with Crippen LogP contribution in [0.4, 0.5) is 5.69 Å². The second kappa shape index (κ2) is 6.37. The highest BCUT2D eigenvalue weighted by atomic mass is 16.2. The van der Waals surface area contributed by atoms with Crippen LogP contribution in [0.25, 0.3) is 0 Å². The van der Waals surface area contributed by atoms with Crippen molar-refractivity contribution in [3.8, 4) is 0 Å². The topological polar surface area (TPSA) is 58.4 Å². The average Bonchev–Trinajstić information content (AvgIpc) is 3.13. The van der Waals surface area contributed by atoms with Crippen LogP contribution in [0.15, 0.2) is 24.3 Å². The lowest BCUT2D eigenvalue weighted by Gasteiger charge is -2.24. The number of hydrogen-bond donors (Lipinski definition) is 2. The molecule has 1 amide bonds. The van der Waals surface area contributed by atoms with Crippen molar-refractivity contribution in [2.24, 2.45) is 17.6 Å². The third-order valence-electron chi connectivity index (χ3n) is 4.30. The first-order valence-corrected chi connectivity index (χ1v) is 7.31. The summed E-state index contributed by atoms with van der Waals surface area (Å²) in [4.78, 5) is 14.4. The van der Waals surface area contributed by atoms with Gasteiger partial charge >= 0.3 is 0 Å². The molecular weight excluding hydrogens is 250 g/mol. The van der Waals surface area contributed by atoms with Gasteiger partial charge in [0.05, 0.1) is 6.04 Å². The normalized spacial score (nSPS) is 22.6. The van der Waals surface area contributed by atoms with Crippen molar-refractivity contribution in [1.82, 2.24) is 4.90 Å². The van der Waals surface area contributed by atoms with Gasteiger partial charge in [-0.25, -0.2) is 0 Å². The highest BCUT2D eigenvalue weighted by molar-refractivity contribution is 5.94. The third-order valence-corrected chi connectivity index (χ3v) is 4.30. The molecule has 3 N–H and O–H groups in total. The highest BCUT2D eigenvalue weighted by Crippen LogP contribution is 2.38. The van der Waals surface area contributed by atoms with E-state index in [9.17, 15) is 4.79 Å². The Kier molecular flexibility index (Phi) is 4.78. The molecule has 0 aliphatic heterocycles. The fourth-order valence-electron chi connectivity index (χ4n) is 2.35. The number of likely N-dealkylation sites (N-methyl/N-ethyl adjacent to an activating group) is 1. The fraction of sp³-hybridized carbons (Fsp3) is 0.562. The van der Waals surface area contributed by atoms with E-state index < -0.39 is 0 Å². The minimum Gasteiger partial charge on any atom is -0.326 e. The van der Waals surface area contributed by atoms with Gasteiger partial charge in [0, 0.05) is 18.8 Å². The number of nitrogens with zero attached hydrogens (tertiary/aromatic N) is 1. The summed E-state index contributed by atoms with van der Waals surface area (Å²) in [5, 5.41) is 2.96. The van der Waals surface area contributed by atoms with Crippen LogP contribution in [-0.2, 0) is 11.3 Å². The van der Waals surface area contributed by atoms with E-state index in [2.05, 4.69) is 17.1 Å². The Morgan fingerprint density at radius 2 is 2.05 bits per heavy atom. The van der Waals surface area contributed by atoms with Crippen molar-refractivity contribution in [1.29, 1.82) is 0 Å². The van der Waals surface area contributed by atoms with Crippen LogP contribution in [0.1, 0.15) is 25.8 Å². The largest absolute Gasteiger partial charge is 0.326 e. The van der Waals surface area contributed by atoms with E-state index in [0.29, 0.717) is 6.54 Å². The lowest BCUT2D eigenvalue weighted by atomic mass is 10.2. The number of carbonyl (C=O) groups excluding carboxylic acids is 1. The first-order valence-electron chi connectivity index (χ1n) is 7.31. The highest BCUT2D eigenvalue weighted by Gasteiger charge is 2.34. The smallest absolute Gasteiger partial charge is 0.241 e. The van der Waals surface area contributed by atoms with E-state index in [0.717, 1.165) is 29.6 Å². The molecule has 20 heavy (non-hydrogen) atoms. The summed E-state index contributed by atoms with van der Waals surface area (Å²) in [5.41, 5.74) is 7.45. The molecule has 4 heteroatoms. The molecular formula is C16H25N3O. The Bertz CT molecular complexity index is 457. The molecule has 3 unspecified atom stereocenters. The molecule has 1 aliphatic rings. The molecule has 1 aromatic carbocycles. The summed E-state index contributed by atoms with van der Waals surface area (Å²) in [6.45, 7) is 5.74. The van der Waals surface area contributed by atoms with Crippen LogP contribution in [0, 0.1) is 11.8 Å². The van der Waals surface area contributed by atoms with Gasteiger partial charge < -0.3 is 11.1 Å². The molecule has 1 aliphatic carbocycles. The lowest BCUT2D eigenvalue weighted by Crippen LogP contribution is -2.40. The Morgan fingerprint density at radius 1 is 1.45 bits per heavy atom. The molecule has 0 saturated heterocycles. The minimum absolute atomic E-state index is 0.0429. The summed E-state index contributed by atoms with van der Waals surface area (Å²) >= 11 is 0. The van der Waals surface area contributed by atoms with Gasteiger partial charge in [0.2, 0.25) is 5.91 Å². The number of nitrogens with one attached hydrogen (secondary N) is 1. The Balaban J connectivity index is 1.85. The zero-order chi connectivity index (χ0) is 14.7. The molecule has 0 radical (unpaired) electrons. The van der Waals surface area contributed by atoms with E-state index in [1.807, 2.05) is 38.2 Å². The maximum absolute atomic E-state index is 12.2. The van der Waals surface area contributed by atoms with Crippen LogP contribution in [-0.4, -0.2) is 30.4 Å². The second-order valence-electron chi connectivity index (χ2n) is 5.98. The Morgan fingerprint density at radius 3 is 2.55 bits per heavy atom. The standard InChI is InChI=1S/C16H25N3O/c1-11-8-14(11)10-19(3)12(2)16(20)18-15-6-4-13(9-17)5-7-15/h4-7,11-12,14H,8-10,17H2,1-3H3,(H,18,20). The summed E-state index contributed by atoms with van der Waals surface area (Å²) in [7, 11) is 2.02.